The van der Waals surface area contributed by atoms with E-state index in [-0.39, 0.29) is 12.2 Å². The maximum atomic E-state index is 13.1. The molecule has 0 aliphatic carbocycles. The lowest BCUT2D eigenvalue weighted by Crippen LogP contribution is -2.39. The minimum absolute atomic E-state index is 0.143. The summed E-state index contributed by atoms with van der Waals surface area (Å²) in [6, 6.07) is 20.7. The minimum atomic E-state index is -0.917. The number of anilines is 1. The number of fused-ring (bicyclic) bond motifs is 1. The van der Waals surface area contributed by atoms with Gasteiger partial charge in [0.1, 0.15) is 11.4 Å². The molecule has 0 aliphatic heterocycles. The lowest BCUT2D eigenvalue weighted by molar-refractivity contribution is -0.136. The van der Waals surface area contributed by atoms with Crippen LogP contribution in [0.3, 0.4) is 0 Å². The first-order valence-electron chi connectivity index (χ1n) is 10.4. The topological polar surface area (TPSA) is 101 Å². The van der Waals surface area contributed by atoms with E-state index in [9.17, 15) is 14.4 Å². The first-order valence-corrected chi connectivity index (χ1v) is 11.6. The first kappa shape index (κ1) is 24.3. The van der Waals surface area contributed by atoms with Crippen LogP contribution < -0.4 is 20.8 Å². The third kappa shape index (κ3) is 5.82. The number of aromatic nitrogens is 1. The molecule has 10 heteroatoms. The summed E-state index contributed by atoms with van der Waals surface area (Å²) in [7, 11) is 1.56. The maximum Gasteiger partial charge on any atom is 0.328 e. The second kappa shape index (κ2) is 10.6. The van der Waals surface area contributed by atoms with E-state index < -0.39 is 17.7 Å². The molecule has 4 aromatic rings. The van der Waals surface area contributed by atoms with E-state index in [1.807, 2.05) is 0 Å². The number of nitrogens with zero attached hydrogens (tertiary/aromatic N) is 1. The Bertz CT molecular complexity index is 1400. The molecular formula is C25H20BrClN4O4. The average molecular weight is 556 g/mol. The number of hydrogen-bond donors (Lipinski definition) is 3. The number of benzene rings is 3. The Hall–Kier alpha value is -3.82. The van der Waals surface area contributed by atoms with Crippen molar-refractivity contribution in [3.05, 3.63) is 93.5 Å². The summed E-state index contributed by atoms with van der Waals surface area (Å²) in [5.41, 5.74) is 4.55. The second-order valence-corrected chi connectivity index (χ2v) is 8.85. The molecule has 0 radical (unpaired) electrons. The van der Waals surface area contributed by atoms with Gasteiger partial charge < -0.3 is 15.4 Å². The van der Waals surface area contributed by atoms with Gasteiger partial charge in [-0.2, -0.15) is 0 Å². The molecule has 0 saturated heterocycles. The Balaban J connectivity index is 1.53. The lowest BCUT2D eigenvalue weighted by atomic mass is 10.2. The van der Waals surface area contributed by atoms with Gasteiger partial charge >= 0.3 is 11.8 Å². The van der Waals surface area contributed by atoms with E-state index in [2.05, 4.69) is 32.0 Å². The summed E-state index contributed by atoms with van der Waals surface area (Å²) in [5.74, 6) is -1.55. The smallest absolute Gasteiger partial charge is 0.328 e. The van der Waals surface area contributed by atoms with E-state index in [0.29, 0.717) is 27.4 Å². The van der Waals surface area contributed by atoms with Crippen molar-refractivity contribution >= 4 is 61.8 Å². The number of ether oxygens (including phenoxy) is 1. The molecule has 0 spiro atoms. The van der Waals surface area contributed by atoms with E-state index in [0.717, 1.165) is 10.0 Å². The third-order valence-corrected chi connectivity index (χ3v) is 5.88. The zero-order chi connectivity index (χ0) is 24.9. The highest BCUT2D eigenvalue weighted by molar-refractivity contribution is 9.10. The quantitative estimate of drug-likeness (QED) is 0.300. The van der Waals surface area contributed by atoms with Crippen LogP contribution in [0.5, 0.6) is 5.75 Å². The SMILES string of the molecule is COc1ccc(CNC(=O)C(=O)Nn2c(C(=O)Nc3ccc(Cl)cc3)cc3cc(Br)ccc32)cc1. The van der Waals surface area contributed by atoms with Crippen LogP contribution in [0, 0.1) is 0 Å². The van der Waals surface area contributed by atoms with Crippen LogP contribution in [0.2, 0.25) is 5.02 Å². The van der Waals surface area contributed by atoms with Gasteiger partial charge in [-0.3, -0.25) is 19.8 Å². The maximum absolute atomic E-state index is 13.1. The Labute approximate surface area is 214 Å². The molecule has 1 aromatic heterocycles. The van der Waals surface area contributed by atoms with Gasteiger partial charge in [0.2, 0.25) is 0 Å². The predicted molar refractivity (Wildman–Crippen MR) is 138 cm³/mol. The molecule has 0 bridgehead atoms. The number of rotatable bonds is 6. The van der Waals surface area contributed by atoms with E-state index in [1.54, 1.807) is 79.9 Å². The van der Waals surface area contributed by atoms with Crippen LogP contribution in [0.15, 0.2) is 77.3 Å². The van der Waals surface area contributed by atoms with E-state index in [1.165, 1.54) is 4.68 Å². The zero-order valence-electron chi connectivity index (χ0n) is 18.5. The van der Waals surface area contributed by atoms with Crippen molar-refractivity contribution in [3.8, 4) is 5.75 Å². The molecule has 0 saturated carbocycles. The van der Waals surface area contributed by atoms with Gasteiger partial charge in [-0.05, 0) is 66.2 Å². The third-order valence-electron chi connectivity index (χ3n) is 5.13. The van der Waals surface area contributed by atoms with Crippen LogP contribution in [0.4, 0.5) is 5.69 Å². The fraction of sp³-hybridized carbons (Fsp3) is 0.0800. The highest BCUT2D eigenvalue weighted by Crippen LogP contribution is 2.24. The highest BCUT2D eigenvalue weighted by Gasteiger charge is 2.21. The number of carbonyl (C=O) groups excluding carboxylic acids is 3. The van der Waals surface area contributed by atoms with E-state index >= 15 is 0 Å². The van der Waals surface area contributed by atoms with Crippen LogP contribution in [-0.4, -0.2) is 29.5 Å². The molecule has 0 aliphatic rings. The Morgan fingerprint density at radius 3 is 2.34 bits per heavy atom. The molecule has 0 atom stereocenters. The van der Waals surface area contributed by atoms with Crippen LogP contribution in [-0.2, 0) is 16.1 Å². The zero-order valence-corrected chi connectivity index (χ0v) is 20.8. The van der Waals surface area contributed by atoms with E-state index in [4.69, 9.17) is 16.3 Å². The van der Waals surface area contributed by atoms with Crippen molar-refractivity contribution in [2.45, 2.75) is 6.54 Å². The van der Waals surface area contributed by atoms with Crippen molar-refractivity contribution < 1.29 is 19.1 Å². The number of carbonyl (C=O) groups is 3. The van der Waals surface area contributed by atoms with Crippen molar-refractivity contribution in [3.63, 3.8) is 0 Å². The van der Waals surface area contributed by atoms with Crippen LogP contribution >= 0.6 is 27.5 Å². The lowest BCUT2D eigenvalue weighted by Gasteiger charge is -2.13. The predicted octanol–water partition coefficient (Wildman–Crippen LogP) is 4.70. The molecule has 35 heavy (non-hydrogen) atoms. The molecule has 0 unspecified atom stereocenters. The average Bonchev–Trinajstić information content (AvgIpc) is 3.21. The fourth-order valence-corrected chi connectivity index (χ4v) is 3.87. The second-order valence-electron chi connectivity index (χ2n) is 7.50. The Morgan fingerprint density at radius 2 is 1.66 bits per heavy atom. The molecular weight excluding hydrogens is 536 g/mol. The largest absolute Gasteiger partial charge is 0.497 e. The first-order chi connectivity index (χ1) is 16.8. The van der Waals surface area contributed by atoms with Gasteiger partial charge in [-0.15, -0.1) is 0 Å². The fourth-order valence-electron chi connectivity index (χ4n) is 3.36. The standard InChI is InChI=1S/C25H20BrClN4O4/c1-35-20-9-2-15(3-10-20)14-28-24(33)25(34)30-31-21-11-4-17(26)12-16(21)13-22(31)23(32)29-19-7-5-18(27)6-8-19/h2-13H,14H2,1H3,(H,28,33)(H,29,32)(H,30,34). The molecule has 1 heterocycles. The summed E-state index contributed by atoms with van der Waals surface area (Å²) in [6.45, 7) is 0.152. The summed E-state index contributed by atoms with van der Waals surface area (Å²) in [6.07, 6.45) is 0. The Kier molecular flexibility index (Phi) is 7.38. The van der Waals surface area contributed by atoms with Gasteiger partial charge in [-0.1, -0.05) is 39.7 Å². The number of methoxy groups -OCH3 is 1. The van der Waals surface area contributed by atoms with Crippen LogP contribution in [0.25, 0.3) is 10.9 Å². The van der Waals surface area contributed by atoms with Crippen molar-refractivity contribution in [2.24, 2.45) is 0 Å². The monoisotopic (exact) mass is 554 g/mol. The molecule has 178 valence electrons. The number of amides is 3. The number of halogens is 2. The summed E-state index contributed by atoms with van der Waals surface area (Å²) in [4.78, 5) is 38.2. The van der Waals surface area contributed by atoms with Gasteiger partial charge in [0.05, 0.1) is 12.6 Å². The summed E-state index contributed by atoms with van der Waals surface area (Å²) < 4.78 is 7.21. The van der Waals surface area contributed by atoms with Crippen LogP contribution in [0.1, 0.15) is 16.1 Å². The molecule has 0 fully saturated rings. The Morgan fingerprint density at radius 1 is 0.943 bits per heavy atom. The molecule has 3 aromatic carbocycles. The molecule has 4 rings (SSSR count). The summed E-state index contributed by atoms with van der Waals surface area (Å²) in [5, 5.41) is 6.57. The van der Waals surface area contributed by atoms with Crippen molar-refractivity contribution in [2.75, 3.05) is 17.9 Å². The number of nitrogens with one attached hydrogen (secondary N) is 3. The number of hydrogen-bond acceptors (Lipinski definition) is 4. The molecule has 3 N–H and O–H groups in total. The molecule has 8 nitrogen and oxygen atoms in total. The van der Waals surface area contributed by atoms with Crippen molar-refractivity contribution in [1.29, 1.82) is 0 Å². The minimum Gasteiger partial charge on any atom is -0.497 e. The van der Waals surface area contributed by atoms with Crippen molar-refractivity contribution in [1.82, 2.24) is 9.99 Å². The van der Waals surface area contributed by atoms with Gasteiger partial charge in [0, 0.05) is 27.1 Å². The normalized spacial score (nSPS) is 10.6. The van der Waals surface area contributed by atoms with Gasteiger partial charge in [0.15, 0.2) is 0 Å². The van der Waals surface area contributed by atoms with Gasteiger partial charge in [0.25, 0.3) is 5.91 Å². The highest BCUT2D eigenvalue weighted by atomic mass is 79.9. The van der Waals surface area contributed by atoms with Gasteiger partial charge in [-0.25, -0.2) is 4.68 Å². The summed E-state index contributed by atoms with van der Waals surface area (Å²) >= 11 is 9.32. The molecule has 3 amide bonds.